The molecule has 0 N–H and O–H groups in total. The lowest BCUT2D eigenvalue weighted by Crippen LogP contribution is -2.50. The standard InChI is InChI=1S/C18H20Cl2N2O3S2/c19-15-6-2-7-16(18(15)20)27(24,25)22-11-9-21(10-12-22)17(23)8-1-4-14-5-3-13-26-14/h2-3,5-7,13H,1,4,8-12H2. The molecule has 1 aromatic carbocycles. The van der Waals surface area contributed by atoms with E-state index in [4.69, 9.17) is 23.2 Å². The Labute approximate surface area is 173 Å². The van der Waals surface area contributed by atoms with Crippen LogP contribution in [0.25, 0.3) is 0 Å². The summed E-state index contributed by atoms with van der Waals surface area (Å²) in [6, 6.07) is 8.64. The summed E-state index contributed by atoms with van der Waals surface area (Å²) >= 11 is 13.7. The lowest BCUT2D eigenvalue weighted by atomic mass is 10.2. The molecule has 1 fully saturated rings. The van der Waals surface area contributed by atoms with E-state index in [1.165, 1.54) is 15.2 Å². The number of aryl methyl sites for hydroxylation is 1. The molecular weight excluding hydrogens is 427 g/mol. The third-order valence-electron chi connectivity index (χ3n) is 4.52. The highest BCUT2D eigenvalue weighted by atomic mass is 35.5. The molecule has 9 heteroatoms. The van der Waals surface area contributed by atoms with Crippen molar-refractivity contribution in [1.82, 2.24) is 9.21 Å². The predicted molar refractivity (Wildman–Crippen MR) is 109 cm³/mol. The summed E-state index contributed by atoms with van der Waals surface area (Å²) in [6.07, 6.45) is 2.17. The SMILES string of the molecule is O=C(CCCc1cccs1)N1CCN(S(=O)(=O)c2cccc(Cl)c2Cl)CC1. The van der Waals surface area contributed by atoms with Gasteiger partial charge < -0.3 is 4.90 Å². The number of thiophene rings is 1. The van der Waals surface area contributed by atoms with Crippen LogP contribution in [0.1, 0.15) is 17.7 Å². The number of carbonyl (C=O) groups is 1. The molecule has 1 aromatic heterocycles. The summed E-state index contributed by atoms with van der Waals surface area (Å²) in [5, 5.41) is 2.27. The molecule has 0 atom stereocenters. The summed E-state index contributed by atoms with van der Waals surface area (Å²) in [4.78, 5) is 15.4. The maximum atomic E-state index is 12.8. The fraction of sp³-hybridized carbons (Fsp3) is 0.389. The third kappa shape index (κ3) is 4.84. The van der Waals surface area contributed by atoms with Crippen molar-refractivity contribution in [3.8, 4) is 0 Å². The Balaban J connectivity index is 1.54. The Kier molecular flexibility index (Phi) is 6.81. The molecule has 3 rings (SSSR count). The number of hydrogen-bond donors (Lipinski definition) is 0. The molecule has 0 unspecified atom stereocenters. The number of hydrogen-bond acceptors (Lipinski definition) is 4. The predicted octanol–water partition coefficient (Wildman–Crippen LogP) is 3.91. The van der Waals surface area contributed by atoms with E-state index in [0.29, 0.717) is 19.5 Å². The molecule has 5 nitrogen and oxygen atoms in total. The Hall–Kier alpha value is -1.12. The minimum absolute atomic E-state index is 0.00684. The molecule has 0 aliphatic carbocycles. The molecule has 146 valence electrons. The first-order valence-corrected chi connectivity index (χ1v) is 11.7. The van der Waals surface area contributed by atoms with Crippen LogP contribution in [-0.4, -0.2) is 49.7 Å². The van der Waals surface area contributed by atoms with E-state index in [2.05, 4.69) is 6.07 Å². The van der Waals surface area contributed by atoms with E-state index >= 15 is 0 Å². The average molecular weight is 447 g/mol. The van der Waals surface area contributed by atoms with Crippen molar-refractivity contribution in [2.75, 3.05) is 26.2 Å². The van der Waals surface area contributed by atoms with Crippen LogP contribution in [0, 0.1) is 0 Å². The molecular formula is C18H20Cl2N2O3S2. The van der Waals surface area contributed by atoms with Gasteiger partial charge in [0.25, 0.3) is 0 Å². The second-order valence-electron chi connectivity index (χ2n) is 6.27. The van der Waals surface area contributed by atoms with Crippen molar-refractivity contribution in [3.05, 3.63) is 50.6 Å². The molecule has 1 amide bonds. The van der Waals surface area contributed by atoms with Gasteiger partial charge in [0, 0.05) is 37.5 Å². The van der Waals surface area contributed by atoms with Gasteiger partial charge in [-0.2, -0.15) is 4.31 Å². The largest absolute Gasteiger partial charge is 0.340 e. The van der Waals surface area contributed by atoms with E-state index in [-0.39, 0.29) is 33.9 Å². The first-order chi connectivity index (χ1) is 12.9. The molecule has 2 heterocycles. The van der Waals surface area contributed by atoms with E-state index < -0.39 is 10.0 Å². The summed E-state index contributed by atoms with van der Waals surface area (Å²) in [5.41, 5.74) is 0. The van der Waals surface area contributed by atoms with Crippen LogP contribution < -0.4 is 0 Å². The minimum atomic E-state index is -3.73. The highest BCUT2D eigenvalue weighted by Crippen LogP contribution is 2.31. The van der Waals surface area contributed by atoms with Crippen LogP contribution in [-0.2, 0) is 21.2 Å². The second kappa shape index (κ2) is 8.92. The van der Waals surface area contributed by atoms with Crippen LogP contribution in [0.5, 0.6) is 0 Å². The summed E-state index contributed by atoms with van der Waals surface area (Å²) in [5.74, 6) is 0.0735. The Morgan fingerprint density at radius 1 is 1.07 bits per heavy atom. The Morgan fingerprint density at radius 2 is 1.81 bits per heavy atom. The van der Waals surface area contributed by atoms with E-state index in [0.717, 1.165) is 12.8 Å². The van der Waals surface area contributed by atoms with Crippen LogP contribution in [0.4, 0.5) is 0 Å². The first kappa shape index (κ1) is 20.6. The Bertz CT molecular complexity index is 893. The van der Waals surface area contributed by atoms with E-state index in [9.17, 15) is 13.2 Å². The van der Waals surface area contributed by atoms with Gasteiger partial charge in [-0.05, 0) is 36.4 Å². The monoisotopic (exact) mass is 446 g/mol. The number of carbonyl (C=O) groups excluding carboxylic acids is 1. The maximum Gasteiger partial charge on any atom is 0.244 e. The fourth-order valence-electron chi connectivity index (χ4n) is 3.03. The molecule has 1 aliphatic heterocycles. The van der Waals surface area contributed by atoms with Gasteiger partial charge in [0.15, 0.2) is 0 Å². The summed E-state index contributed by atoms with van der Waals surface area (Å²) in [7, 11) is -3.73. The number of nitrogens with zero attached hydrogens (tertiary/aromatic N) is 2. The van der Waals surface area contributed by atoms with E-state index in [1.54, 1.807) is 28.4 Å². The van der Waals surface area contributed by atoms with Gasteiger partial charge in [-0.15, -0.1) is 11.3 Å². The highest BCUT2D eigenvalue weighted by molar-refractivity contribution is 7.89. The quantitative estimate of drug-likeness (QED) is 0.675. The van der Waals surface area contributed by atoms with Crippen molar-refractivity contribution < 1.29 is 13.2 Å². The third-order valence-corrected chi connectivity index (χ3v) is 8.33. The number of piperazine rings is 1. The lowest BCUT2D eigenvalue weighted by Gasteiger charge is -2.34. The zero-order valence-corrected chi connectivity index (χ0v) is 17.8. The number of rotatable bonds is 6. The molecule has 0 saturated carbocycles. The molecule has 0 bridgehead atoms. The van der Waals surface area contributed by atoms with Crippen molar-refractivity contribution in [2.45, 2.75) is 24.2 Å². The second-order valence-corrected chi connectivity index (χ2v) is 9.99. The Morgan fingerprint density at radius 3 is 2.48 bits per heavy atom. The summed E-state index contributed by atoms with van der Waals surface area (Å²) in [6.45, 7) is 1.27. The van der Waals surface area contributed by atoms with Crippen molar-refractivity contribution in [3.63, 3.8) is 0 Å². The van der Waals surface area contributed by atoms with Gasteiger partial charge in [-0.1, -0.05) is 35.3 Å². The molecule has 1 aliphatic rings. The van der Waals surface area contributed by atoms with Crippen molar-refractivity contribution in [1.29, 1.82) is 0 Å². The number of sulfonamides is 1. The zero-order chi connectivity index (χ0) is 19.4. The van der Waals surface area contributed by atoms with Crippen LogP contribution in [0.15, 0.2) is 40.6 Å². The lowest BCUT2D eigenvalue weighted by molar-refractivity contribution is -0.132. The normalized spacial score (nSPS) is 15.9. The minimum Gasteiger partial charge on any atom is -0.340 e. The molecule has 1 saturated heterocycles. The van der Waals surface area contributed by atoms with Crippen molar-refractivity contribution in [2.24, 2.45) is 0 Å². The number of amides is 1. The summed E-state index contributed by atoms with van der Waals surface area (Å²) < 4.78 is 27.0. The van der Waals surface area contributed by atoms with Gasteiger partial charge in [0.2, 0.25) is 15.9 Å². The number of benzene rings is 1. The highest BCUT2D eigenvalue weighted by Gasteiger charge is 2.31. The van der Waals surface area contributed by atoms with Gasteiger partial charge in [-0.3, -0.25) is 4.79 Å². The van der Waals surface area contributed by atoms with Crippen LogP contribution in [0.3, 0.4) is 0 Å². The smallest absolute Gasteiger partial charge is 0.244 e. The molecule has 0 radical (unpaired) electrons. The average Bonchev–Trinajstić information content (AvgIpc) is 3.17. The van der Waals surface area contributed by atoms with E-state index in [1.807, 2.05) is 11.4 Å². The topological polar surface area (TPSA) is 57.7 Å². The van der Waals surface area contributed by atoms with Crippen molar-refractivity contribution >= 4 is 50.5 Å². The first-order valence-electron chi connectivity index (χ1n) is 8.64. The maximum absolute atomic E-state index is 12.8. The van der Waals surface area contributed by atoms with Gasteiger partial charge >= 0.3 is 0 Å². The van der Waals surface area contributed by atoms with Gasteiger partial charge in [-0.25, -0.2) is 8.42 Å². The van der Waals surface area contributed by atoms with Crippen LogP contribution >= 0.6 is 34.5 Å². The van der Waals surface area contributed by atoms with Gasteiger partial charge in [0.1, 0.15) is 4.90 Å². The number of halogens is 2. The zero-order valence-electron chi connectivity index (χ0n) is 14.6. The van der Waals surface area contributed by atoms with Gasteiger partial charge in [0.05, 0.1) is 10.0 Å². The molecule has 0 spiro atoms. The fourth-order valence-corrected chi connectivity index (χ4v) is 5.94. The molecule has 27 heavy (non-hydrogen) atoms. The van der Waals surface area contributed by atoms with Crippen LogP contribution in [0.2, 0.25) is 10.0 Å². The molecule has 2 aromatic rings.